The molecule has 8 nitrogen and oxygen atoms in total. The zero-order chi connectivity index (χ0) is 25.7. The number of nitrogens with zero attached hydrogens (tertiary/aromatic N) is 3. The molecule has 1 amide bonds. The number of aromatic hydroxyl groups is 1. The largest absolute Gasteiger partial charge is 0.504 e. The first-order valence-electron chi connectivity index (χ1n) is 10.9. The molecule has 0 unspecified atom stereocenters. The van der Waals surface area contributed by atoms with E-state index in [1.165, 1.54) is 35.3 Å². The van der Waals surface area contributed by atoms with Crippen LogP contribution in [0.5, 0.6) is 11.5 Å². The van der Waals surface area contributed by atoms with Crippen LogP contribution in [0.4, 0.5) is 0 Å². The van der Waals surface area contributed by atoms with Crippen LogP contribution >= 0.6 is 23.1 Å². The number of thiophene rings is 1. The number of nitrogens with one attached hydrogen (secondary N) is 1. The van der Waals surface area contributed by atoms with Crippen molar-refractivity contribution in [3.05, 3.63) is 82.0 Å². The van der Waals surface area contributed by atoms with Gasteiger partial charge in [0, 0.05) is 17.5 Å². The number of rotatable bonds is 9. The Labute approximate surface area is 216 Å². The third-order valence-corrected chi connectivity index (χ3v) is 7.12. The summed E-state index contributed by atoms with van der Waals surface area (Å²) < 4.78 is 6.59. The van der Waals surface area contributed by atoms with Gasteiger partial charge >= 0.3 is 0 Å². The fourth-order valence-corrected chi connectivity index (χ4v) is 5.26. The summed E-state index contributed by atoms with van der Waals surface area (Å²) in [4.78, 5) is 31.1. The fraction of sp³-hybridized carbons (Fsp3) is 0.154. The molecule has 10 heteroatoms. The molecule has 2 aromatic heterocycles. The summed E-state index contributed by atoms with van der Waals surface area (Å²) in [6.45, 7) is 6.05. The van der Waals surface area contributed by atoms with Gasteiger partial charge in [-0.25, -0.2) is 10.4 Å². The molecule has 4 rings (SSSR count). The summed E-state index contributed by atoms with van der Waals surface area (Å²) in [6, 6.07) is 12.7. The molecule has 0 atom stereocenters. The quantitative estimate of drug-likeness (QED) is 0.110. The molecule has 4 aromatic rings. The first-order chi connectivity index (χ1) is 17.4. The van der Waals surface area contributed by atoms with E-state index in [0.29, 0.717) is 26.7 Å². The lowest BCUT2D eigenvalue weighted by atomic mass is 10.1. The molecule has 36 heavy (non-hydrogen) atoms. The van der Waals surface area contributed by atoms with Gasteiger partial charge < -0.3 is 9.84 Å². The average Bonchev–Trinajstić information content (AvgIpc) is 3.30. The van der Waals surface area contributed by atoms with E-state index in [0.717, 1.165) is 28.5 Å². The first kappa shape index (κ1) is 25.2. The molecule has 0 spiro atoms. The Kier molecular flexibility index (Phi) is 7.87. The van der Waals surface area contributed by atoms with Gasteiger partial charge in [0.15, 0.2) is 16.7 Å². The minimum atomic E-state index is -0.354. The van der Waals surface area contributed by atoms with E-state index in [-0.39, 0.29) is 29.5 Å². The minimum absolute atomic E-state index is 0.0154. The van der Waals surface area contributed by atoms with Crippen molar-refractivity contribution in [2.75, 3.05) is 12.9 Å². The second-order valence-corrected chi connectivity index (χ2v) is 9.61. The summed E-state index contributed by atoms with van der Waals surface area (Å²) >= 11 is 2.56. The molecule has 0 aliphatic heterocycles. The SMILES string of the molecule is C=CCn1c(SCC(=O)N/N=C/c2ccc(O)c(OC)c2)nc2scc(-c3ccc(C)cc3)c2c1=O. The van der Waals surface area contributed by atoms with Gasteiger partial charge in [-0.3, -0.25) is 14.2 Å². The molecule has 2 aromatic carbocycles. The van der Waals surface area contributed by atoms with Gasteiger partial charge in [0.1, 0.15) is 4.83 Å². The normalized spacial score (nSPS) is 11.2. The van der Waals surface area contributed by atoms with Gasteiger partial charge in [0.05, 0.1) is 24.5 Å². The summed E-state index contributed by atoms with van der Waals surface area (Å²) in [7, 11) is 1.45. The molecule has 0 saturated carbocycles. The average molecular weight is 521 g/mol. The summed E-state index contributed by atoms with van der Waals surface area (Å²) in [5.41, 5.74) is 5.89. The van der Waals surface area contributed by atoms with Crippen molar-refractivity contribution in [2.24, 2.45) is 5.10 Å². The van der Waals surface area contributed by atoms with Crippen LogP contribution in [-0.2, 0) is 11.3 Å². The standard InChI is InChI=1S/C26H24N4O4S2/c1-4-11-30-25(33)23-19(18-8-5-16(2)6-9-18)14-35-24(23)28-26(30)36-15-22(32)29-27-13-17-7-10-20(31)21(12-17)34-3/h4-10,12-14,31H,1,11,15H2,2-3H3,(H,29,32)/b27-13+. The Morgan fingerprint density at radius 2 is 2.08 bits per heavy atom. The number of carbonyl (C=O) groups is 1. The van der Waals surface area contributed by atoms with Crippen molar-refractivity contribution >= 4 is 45.4 Å². The lowest BCUT2D eigenvalue weighted by Crippen LogP contribution is -2.24. The molecule has 0 bridgehead atoms. The van der Waals surface area contributed by atoms with Gasteiger partial charge in [-0.1, -0.05) is 47.7 Å². The van der Waals surface area contributed by atoms with E-state index in [9.17, 15) is 14.7 Å². The minimum Gasteiger partial charge on any atom is -0.504 e. The maximum atomic E-state index is 13.4. The van der Waals surface area contributed by atoms with Crippen molar-refractivity contribution in [3.63, 3.8) is 0 Å². The number of methoxy groups -OCH3 is 1. The Hall–Kier alpha value is -3.89. The summed E-state index contributed by atoms with van der Waals surface area (Å²) in [6.07, 6.45) is 3.08. The lowest BCUT2D eigenvalue weighted by Gasteiger charge is -2.10. The number of hydrogen-bond acceptors (Lipinski definition) is 8. The van der Waals surface area contributed by atoms with Crippen LogP contribution in [-0.4, -0.2) is 39.6 Å². The van der Waals surface area contributed by atoms with Crippen LogP contribution in [0.2, 0.25) is 0 Å². The highest BCUT2D eigenvalue weighted by Gasteiger charge is 2.17. The molecule has 0 aliphatic rings. The van der Waals surface area contributed by atoms with E-state index >= 15 is 0 Å². The molecule has 0 fully saturated rings. The fourth-order valence-electron chi connectivity index (χ4n) is 3.47. The number of fused-ring (bicyclic) bond motifs is 1. The third-order valence-electron chi connectivity index (χ3n) is 5.27. The monoisotopic (exact) mass is 520 g/mol. The summed E-state index contributed by atoms with van der Waals surface area (Å²) in [5.74, 6) is -0.0156. The van der Waals surface area contributed by atoms with Crippen LogP contribution in [0.1, 0.15) is 11.1 Å². The van der Waals surface area contributed by atoms with Crippen LogP contribution in [0, 0.1) is 6.92 Å². The predicted molar refractivity (Wildman–Crippen MR) is 145 cm³/mol. The Morgan fingerprint density at radius 1 is 1.31 bits per heavy atom. The number of carbonyl (C=O) groups excluding carboxylic acids is 1. The molecule has 0 saturated heterocycles. The number of phenols is 1. The van der Waals surface area contributed by atoms with E-state index in [1.807, 2.05) is 36.6 Å². The number of aromatic nitrogens is 2. The second-order valence-electron chi connectivity index (χ2n) is 7.81. The van der Waals surface area contributed by atoms with Crippen molar-refractivity contribution in [1.82, 2.24) is 15.0 Å². The molecule has 2 heterocycles. The van der Waals surface area contributed by atoms with Crippen molar-refractivity contribution in [2.45, 2.75) is 18.6 Å². The van der Waals surface area contributed by atoms with Gasteiger partial charge in [0.2, 0.25) is 0 Å². The lowest BCUT2D eigenvalue weighted by molar-refractivity contribution is -0.118. The third kappa shape index (κ3) is 5.50. The van der Waals surface area contributed by atoms with Crippen molar-refractivity contribution in [3.8, 4) is 22.6 Å². The second kappa shape index (κ2) is 11.2. The number of thioether (sulfide) groups is 1. The molecule has 184 valence electrons. The molecular formula is C26H24N4O4S2. The van der Waals surface area contributed by atoms with Crippen LogP contribution in [0.3, 0.4) is 0 Å². The predicted octanol–water partition coefficient (Wildman–Crippen LogP) is 4.58. The van der Waals surface area contributed by atoms with Gasteiger partial charge in [-0.2, -0.15) is 5.10 Å². The number of ether oxygens (including phenoxy) is 1. The van der Waals surface area contributed by atoms with Crippen molar-refractivity contribution < 1.29 is 14.6 Å². The number of phenolic OH excluding ortho intramolecular Hbond substituents is 1. The maximum Gasteiger partial charge on any atom is 0.263 e. The number of hydrogen-bond donors (Lipinski definition) is 2. The number of hydrazone groups is 1. The van der Waals surface area contributed by atoms with E-state index in [4.69, 9.17) is 4.74 Å². The Bertz CT molecular complexity index is 1510. The molecular weight excluding hydrogens is 496 g/mol. The zero-order valence-corrected chi connectivity index (χ0v) is 21.4. The Morgan fingerprint density at radius 3 is 2.81 bits per heavy atom. The van der Waals surface area contributed by atoms with Gasteiger partial charge in [-0.15, -0.1) is 17.9 Å². The van der Waals surface area contributed by atoms with Gasteiger partial charge in [0.25, 0.3) is 11.5 Å². The van der Waals surface area contributed by atoms with E-state index in [1.54, 1.807) is 18.2 Å². The molecule has 2 N–H and O–H groups in total. The first-order valence-corrected chi connectivity index (χ1v) is 12.8. The van der Waals surface area contributed by atoms with Crippen LogP contribution in [0.15, 0.2) is 75.6 Å². The smallest absolute Gasteiger partial charge is 0.263 e. The Balaban J connectivity index is 1.51. The molecule has 0 aliphatic carbocycles. The highest BCUT2D eigenvalue weighted by Crippen LogP contribution is 2.32. The number of aryl methyl sites for hydroxylation is 1. The summed E-state index contributed by atoms with van der Waals surface area (Å²) in [5, 5.41) is 16.6. The number of benzene rings is 2. The number of allylic oxidation sites excluding steroid dienone is 1. The van der Waals surface area contributed by atoms with E-state index in [2.05, 4.69) is 22.1 Å². The maximum absolute atomic E-state index is 13.4. The van der Waals surface area contributed by atoms with Crippen LogP contribution < -0.4 is 15.7 Å². The zero-order valence-electron chi connectivity index (χ0n) is 19.7. The van der Waals surface area contributed by atoms with Gasteiger partial charge in [-0.05, 0) is 36.2 Å². The highest BCUT2D eigenvalue weighted by atomic mass is 32.2. The topological polar surface area (TPSA) is 106 Å². The number of amides is 1. The van der Waals surface area contributed by atoms with Crippen molar-refractivity contribution in [1.29, 1.82) is 0 Å². The highest BCUT2D eigenvalue weighted by molar-refractivity contribution is 7.99. The van der Waals surface area contributed by atoms with Crippen LogP contribution in [0.25, 0.3) is 21.3 Å². The molecule has 0 radical (unpaired) electrons. The van der Waals surface area contributed by atoms with E-state index < -0.39 is 0 Å².